The third-order valence-corrected chi connectivity index (χ3v) is 4.03. The van der Waals surface area contributed by atoms with Crippen molar-refractivity contribution in [2.24, 2.45) is 5.92 Å². The second-order valence-corrected chi connectivity index (χ2v) is 6.73. The van der Waals surface area contributed by atoms with Crippen LogP contribution in [0.4, 0.5) is 0 Å². The van der Waals surface area contributed by atoms with Crippen molar-refractivity contribution in [2.75, 3.05) is 0 Å². The molecule has 0 saturated heterocycles. The van der Waals surface area contributed by atoms with Gasteiger partial charge in [0.05, 0.1) is 0 Å². The molecular formula is C17H18BrClO. The van der Waals surface area contributed by atoms with Crippen LogP contribution < -0.4 is 0 Å². The summed E-state index contributed by atoms with van der Waals surface area (Å²) in [5.74, 6) is 0.630. The third kappa shape index (κ3) is 3.85. The first-order valence-electron chi connectivity index (χ1n) is 6.69. The molecule has 0 bridgehead atoms. The Bertz CT molecular complexity index is 578. The number of aliphatic hydroxyl groups is 1. The lowest BCUT2D eigenvalue weighted by atomic mass is 9.97. The fraction of sp³-hybridized carbons (Fsp3) is 0.294. The summed E-state index contributed by atoms with van der Waals surface area (Å²) in [4.78, 5) is 0. The minimum atomic E-state index is -0.701. The Balaban J connectivity index is 2.24. The van der Waals surface area contributed by atoms with Crippen molar-refractivity contribution in [1.29, 1.82) is 0 Å². The molecule has 1 atom stereocenters. The maximum absolute atomic E-state index is 10.5. The SMILES string of the molecule is CC(C)Cc1ccc(C(O)c2cc(Br)ccc2Cl)cc1. The summed E-state index contributed by atoms with van der Waals surface area (Å²) in [6.45, 7) is 4.40. The molecule has 0 aliphatic heterocycles. The van der Waals surface area contributed by atoms with Gasteiger partial charge in [-0.15, -0.1) is 0 Å². The van der Waals surface area contributed by atoms with Crippen LogP contribution in [0.15, 0.2) is 46.9 Å². The standard InChI is InChI=1S/C17H18BrClO/c1-11(2)9-12-3-5-13(6-4-12)17(20)15-10-14(18)7-8-16(15)19/h3-8,10-11,17,20H,9H2,1-2H3. The van der Waals surface area contributed by atoms with Gasteiger partial charge in [-0.2, -0.15) is 0 Å². The van der Waals surface area contributed by atoms with Crippen molar-refractivity contribution < 1.29 is 5.11 Å². The minimum absolute atomic E-state index is 0.576. The van der Waals surface area contributed by atoms with Crippen LogP contribution in [-0.4, -0.2) is 5.11 Å². The lowest BCUT2D eigenvalue weighted by molar-refractivity contribution is 0.220. The Morgan fingerprint density at radius 1 is 1.10 bits per heavy atom. The fourth-order valence-electron chi connectivity index (χ4n) is 2.21. The number of halogens is 2. The number of hydrogen-bond acceptors (Lipinski definition) is 1. The molecule has 2 rings (SSSR count). The van der Waals surface area contributed by atoms with Gasteiger partial charge in [0.25, 0.3) is 0 Å². The Hall–Kier alpha value is -0.830. The van der Waals surface area contributed by atoms with Gasteiger partial charge < -0.3 is 5.11 Å². The first kappa shape index (κ1) is 15.6. The molecule has 20 heavy (non-hydrogen) atoms. The number of rotatable bonds is 4. The number of benzene rings is 2. The van der Waals surface area contributed by atoms with Gasteiger partial charge in [-0.3, -0.25) is 0 Å². The van der Waals surface area contributed by atoms with E-state index in [-0.39, 0.29) is 0 Å². The molecule has 1 unspecified atom stereocenters. The van der Waals surface area contributed by atoms with Crippen LogP contribution in [0.2, 0.25) is 5.02 Å². The van der Waals surface area contributed by atoms with Gasteiger partial charge in [0.1, 0.15) is 6.10 Å². The van der Waals surface area contributed by atoms with E-state index in [1.165, 1.54) is 5.56 Å². The summed E-state index contributed by atoms with van der Waals surface area (Å²) < 4.78 is 0.910. The highest BCUT2D eigenvalue weighted by atomic mass is 79.9. The molecule has 2 aromatic rings. The van der Waals surface area contributed by atoms with Gasteiger partial charge in [0.2, 0.25) is 0 Å². The van der Waals surface area contributed by atoms with Gasteiger partial charge in [-0.05, 0) is 41.7 Å². The van der Waals surface area contributed by atoms with Crippen molar-refractivity contribution >= 4 is 27.5 Å². The lowest BCUT2D eigenvalue weighted by Gasteiger charge is -2.14. The summed E-state index contributed by atoms with van der Waals surface area (Å²) in [7, 11) is 0. The van der Waals surface area contributed by atoms with E-state index in [0.717, 1.165) is 22.0 Å². The van der Waals surface area contributed by atoms with Crippen LogP contribution >= 0.6 is 27.5 Å². The van der Waals surface area contributed by atoms with Gasteiger partial charge in [0.15, 0.2) is 0 Å². The maximum Gasteiger partial charge on any atom is 0.106 e. The van der Waals surface area contributed by atoms with Gasteiger partial charge in [0, 0.05) is 15.1 Å². The second-order valence-electron chi connectivity index (χ2n) is 5.41. The molecule has 0 amide bonds. The van der Waals surface area contributed by atoms with Crippen LogP contribution in [-0.2, 0) is 6.42 Å². The number of aliphatic hydroxyl groups excluding tert-OH is 1. The van der Waals surface area contributed by atoms with Crippen LogP contribution in [0.3, 0.4) is 0 Å². The average Bonchev–Trinajstić information content (AvgIpc) is 2.41. The molecule has 3 heteroatoms. The zero-order valence-corrected chi connectivity index (χ0v) is 13.9. The van der Waals surface area contributed by atoms with Crippen molar-refractivity contribution in [3.63, 3.8) is 0 Å². The highest BCUT2D eigenvalue weighted by Crippen LogP contribution is 2.30. The largest absolute Gasteiger partial charge is 0.384 e. The molecule has 1 N–H and O–H groups in total. The van der Waals surface area contributed by atoms with Crippen molar-refractivity contribution in [2.45, 2.75) is 26.4 Å². The molecule has 0 heterocycles. The molecule has 1 nitrogen and oxygen atoms in total. The van der Waals surface area contributed by atoms with Crippen molar-refractivity contribution in [1.82, 2.24) is 0 Å². The molecule has 0 aromatic heterocycles. The molecule has 0 spiro atoms. The molecular weight excluding hydrogens is 336 g/mol. The summed E-state index contributed by atoms with van der Waals surface area (Å²) in [5, 5.41) is 11.0. The van der Waals surface area contributed by atoms with Gasteiger partial charge in [-0.1, -0.05) is 65.6 Å². The Labute approximate surface area is 133 Å². The van der Waals surface area contributed by atoms with Gasteiger partial charge in [-0.25, -0.2) is 0 Å². The highest BCUT2D eigenvalue weighted by molar-refractivity contribution is 9.10. The van der Waals surface area contributed by atoms with E-state index in [4.69, 9.17) is 11.6 Å². The van der Waals surface area contributed by atoms with Crippen LogP contribution in [0, 0.1) is 5.92 Å². The smallest absolute Gasteiger partial charge is 0.106 e. The first-order chi connectivity index (χ1) is 9.47. The summed E-state index contributed by atoms with van der Waals surface area (Å²) in [5.41, 5.74) is 2.87. The van der Waals surface area contributed by atoms with Crippen LogP contribution in [0.1, 0.15) is 36.6 Å². The summed E-state index contributed by atoms with van der Waals surface area (Å²) in [6.07, 6.45) is 0.349. The Morgan fingerprint density at radius 3 is 2.35 bits per heavy atom. The lowest BCUT2D eigenvalue weighted by Crippen LogP contribution is -2.01. The Morgan fingerprint density at radius 2 is 1.75 bits per heavy atom. The van der Waals surface area contributed by atoms with E-state index in [1.54, 1.807) is 6.07 Å². The molecule has 0 radical (unpaired) electrons. The number of hydrogen-bond donors (Lipinski definition) is 1. The fourth-order valence-corrected chi connectivity index (χ4v) is 2.81. The van der Waals surface area contributed by atoms with Crippen molar-refractivity contribution in [3.05, 3.63) is 68.7 Å². The molecule has 106 valence electrons. The molecule has 0 fully saturated rings. The third-order valence-electron chi connectivity index (χ3n) is 3.19. The predicted octanol–water partition coefficient (Wildman–Crippen LogP) is 5.38. The van der Waals surface area contributed by atoms with E-state index < -0.39 is 6.10 Å². The highest BCUT2D eigenvalue weighted by Gasteiger charge is 2.14. The summed E-state index contributed by atoms with van der Waals surface area (Å²) in [6, 6.07) is 13.6. The van der Waals surface area contributed by atoms with E-state index in [9.17, 15) is 5.11 Å². The van der Waals surface area contributed by atoms with Crippen LogP contribution in [0.5, 0.6) is 0 Å². The maximum atomic E-state index is 10.5. The second kappa shape index (κ2) is 6.75. The van der Waals surface area contributed by atoms with E-state index in [1.807, 2.05) is 24.3 Å². The topological polar surface area (TPSA) is 20.2 Å². The average molecular weight is 354 g/mol. The van der Waals surface area contributed by atoms with E-state index in [0.29, 0.717) is 10.9 Å². The normalized spacial score (nSPS) is 12.7. The van der Waals surface area contributed by atoms with Crippen molar-refractivity contribution in [3.8, 4) is 0 Å². The predicted molar refractivity (Wildman–Crippen MR) is 88.2 cm³/mol. The molecule has 0 aliphatic carbocycles. The van der Waals surface area contributed by atoms with E-state index in [2.05, 4.69) is 41.9 Å². The Kier molecular flexibility index (Phi) is 5.25. The molecule has 2 aromatic carbocycles. The minimum Gasteiger partial charge on any atom is -0.384 e. The monoisotopic (exact) mass is 352 g/mol. The molecule has 0 saturated carbocycles. The zero-order valence-electron chi connectivity index (χ0n) is 11.6. The zero-order chi connectivity index (χ0) is 14.7. The summed E-state index contributed by atoms with van der Waals surface area (Å²) >= 11 is 9.57. The van der Waals surface area contributed by atoms with Gasteiger partial charge >= 0.3 is 0 Å². The quantitative estimate of drug-likeness (QED) is 0.782. The van der Waals surface area contributed by atoms with Crippen LogP contribution in [0.25, 0.3) is 0 Å². The first-order valence-corrected chi connectivity index (χ1v) is 7.86. The molecule has 0 aliphatic rings. The van der Waals surface area contributed by atoms with E-state index >= 15 is 0 Å².